The van der Waals surface area contributed by atoms with E-state index in [0.29, 0.717) is 12.2 Å². The number of carbonyl (C=O) groups is 1. The van der Waals surface area contributed by atoms with Gasteiger partial charge in [-0.15, -0.1) is 0 Å². The van der Waals surface area contributed by atoms with Crippen LogP contribution in [-0.2, 0) is 6.42 Å². The molecule has 1 aromatic heterocycles. The van der Waals surface area contributed by atoms with Crippen LogP contribution in [0.2, 0.25) is 5.02 Å². The van der Waals surface area contributed by atoms with Crippen molar-refractivity contribution in [3.63, 3.8) is 0 Å². The van der Waals surface area contributed by atoms with Crippen LogP contribution in [0.5, 0.6) is 0 Å². The van der Waals surface area contributed by atoms with Gasteiger partial charge in [0.25, 0.3) is 0 Å². The minimum atomic E-state index is -0.140. The maximum absolute atomic E-state index is 12.3. The lowest BCUT2D eigenvalue weighted by Crippen LogP contribution is -2.33. The molecule has 0 unspecified atom stereocenters. The molecule has 0 fully saturated rings. The van der Waals surface area contributed by atoms with Gasteiger partial charge in [0.15, 0.2) is 0 Å². The molecule has 102 valence electrons. The van der Waals surface area contributed by atoms with Gasteiger partial charge in [0.2, 0.25) is 0 Å². The van der Waals surface area contributed by atoms with Crippen molar-refractivity contribution in [2.45, 2.75) is 13.3 Å². The zero-order valence-electron chi connectivity index (χ0n) is 11.1. The molecule has 0 spiro atoms. The monoisotopic (exact) mass is 287 g/mol. The topological polar surface area (TPSA) is 45.2 Å². The van der Waals surface area contributed by atoms with Crippen LogP contribution in [0.3, 0.4) is 0 Å². The normalized spacial score (nSPS) is 13.2. The molecule has 1 aliphatic heterocycles. The van der Waals surface area contributed by atoms with Gasteiger partial charge < -0.3 is 5.32 Å². The van der Waals surface area contributed by atoms with Gasteiger partial charge in [-0.05, 0) is 48.7 Å². The van der Waals surface area contributed by atoms with Crippen LogP contribution >= 0.6 is 11.6 Å². The molecule has 0 saturated heterocycles. The Morgan fingerprint density at radius 3 is 3.05 bits per heavy atom. The number of nitrogens with zero attached hydrogens (tertiary/aromatic N) is 2. The predicted octanol–water partition coefficient (Wildman–Crippen LogP) is 3.64. The maximum atomic E-state index is 12.3. The van der Waals surface area contributed by atoms with Gasteiger partial charge in [0, 0.05) is 23.5 Å². The van der Waals surface area contributed by atoms with Crippen LogP contribution in [0.4, 0.5) is 16.2 Å². The van der Waals surface area contributed by atoms with Gasteiger partial charge in [-0.3, -0.25) is 9.88 Å². The molecule has 0 saturated carbocycles. The van der Waals surface area contributed by atoms with Gasteiger partial charge in [0.05, 0.1) is 11.9 Å². The fourth-order valence-electron chi connectivity index (χ4n) is 2.35. The number of anilines is 2. The highest BCUT2D eigenvalue weighted by atomic mass is 35.5. The fourth-order valence-corrected chi connectivity index (χ4v) is 2.54. The summed E-state index contributed by atoms with van der Waals surface area (Å²) < 4.78 is 0. The summed E-state index contributed by atoms with van der Waals surface area (Å²) in [5.74, 6) is 0. The molecule has 20 heavy (non-hydrogen) atoms. The number of hydrogen-bond acceptors (Lipinski definition) is 2. The van der Waals surface area contributed by atoms with E-state index in [2.05, 4.69) is 10.3 Å². The van der Waals surface area contributed by atoms with Crippen molar-refractivity contribution in [3.8, 4) is 0 Å². The molecule has 1 aliphatic rings. The van der Waals surface area contributed by atoms with Crippen molar-refractivity contribution in [2.24, 2.45) is 0 Å². The quantitative estimate of drug-likeness (QED) is 0.870. The second-order valence-electron chi connectivity index (χ2n) is 4.80. The summed E-state index contributed by atoms with van der Waals surface area (Å²) in [6.07, 6.45) is 4.13. The van der Waals surface area contributed by atoms with E-state index in [-0.39, 0.29) is 6.03 Å². The molecule has 0 aliphatic carbocycles. The number of nitrogens with one attached hydrogen (secondary N) is 1. The standard InChI is InChI=1S/C15H14ClN3O/c1-10-7-14-11(8-13(10)16)4-6-19(14)15(20)18-12-3-2-5-17-9-12/h2-3,5,7-9H,4,6H2,1H3,(H,18,20). The zero-order valence-corrected chi connectivity index (χ0v) is 11.8. The maximum Gasteiger partial charge on any atom is 0.326 e. The number of carbonyl (C=O) groups excluding carboxylic acids is 1. The van der Waals surface area contributed by atoms with Crippen molar-refractivity contribution in [3.05, 3.63) is 52.8 Å². The zero-order chi connectivity index (χ0) is 14.1. The van der Waals surface area contributed by atoms with E-state index in [1.165, 1.54) is 0 Å². The number of amides is 2. The Labute approximate surface area is 122 Å². The van der Waals surface area contributed by atoms with E-state index < -0.39 is 0 Å². The Kier molecular flexibility index (Phi) is 3.32. The lowest BCUT2D eigenvalue weighted by Gasteiger charge is -2.18. The second kappa shape index (κ2) is 5.13. The molecule has 0 atom stereocenters. The number of aromatic nitrogens is 1. The number of halogens is 1. The van der Waals surface area contributed by atoms with Gasteiger partial charge in [-0.1, -0.05) is 11.6 Å². The number of hydrogen-bond donors (Lipinski definition) is 1. The van der Waals surface area contributed by atoms with Gasteiger partial charge in [0.1, 0.15) is 0 Å². The molecule has 0 bridgehead atoms. The van der Waals surface area contributed by atoms with E-state index >= 15 is 0 Å². The first kappa shape index (κ1) is 12.9. The van der Waals surface area contributed by atoms with Crippen molar-refractivity contribution in [2.75, 3.05) is 16.8 Å². The molecule has 0 radical (unpaired) electrons. The lowest BCUT2D eigenvalue weighted by atomic mass is 10.1. The molecule has 1 aromatic carbocycles. The van der Waals surface area contributed by atoms with E-state index in [4.69, 9.17) is 11.6 Å². The molecular weight excluding hydrogens is 274 g/mol. The summed E-state index contributed by atoms with van der Waals surface area (Å²) in [6, 6.07) is 7.38. The Hall–Kier alpha value is -2.07. The minimum absolute atomic E-state index is 0.140. The molecular formula is C15H14ClN3O. The van der Waals surface area contributed by atoms with Crippen LogP contribution in [-0.4, -0.2) is 17.6 Å². The molecule has 2 aromatic rings. The Bertz CT molecular complexity index is 658. The van der Waals surface area contributed by atoms with Crippen LogP contribution in [0.15, 0.2) is 36.7 Å². The minimum Gasteiger partial charge on any atom is -0.306 e. The lowest BCUT2D eigenvalue weighted by molar-refractivity contribution is 0.257. The summed E-state index contributed by atoms with van der Waals surface area (Å²) in [5.41, 5.74) is 3.72. The van der Waals surface area contributed by atoms with Gasteiger partial charge in [-0.2, -0.15) is 0 Å². The number of aryl methyl sites for hydroxylation is 1. The summed E-state index contributed by atoms with van der Waals surface area (Å²) in [5, 5.41) is 3.60. The molecule has 3 rings (SSSR count). The third kappa shape index (κ3) is 2.34. The van der Waals surface area contributed by atoms with Crippen LogP contribution in [0.25, 0.3) is 0 Å². The smallest absolute Gasteiger partial charge is 0.306 e. The number of benzene rings is 1. The van der Waals surface area contributed by atoms with Crippen molar-refractivity contribution >= 4 is 29.0 Å². The third-order valence-corrected chi connectivity index (χ3v) is 3.82. The number of rotatable bonds is 1. The molecule has 2 amide bonds. The number of fused-ring (bicyclic) bond motifs is 1. The highest BCUT2D eigenvalue weighted by Gasteiger charge is 2.25. The fraction of sp³-hybridized carbons (Fsp3) is 0.200. The van der Waals surface area contributed by atoms with Crippen LogP contribution < -0.4 is 10.2 Å². The van der Waals surface area contributed by atoms with Crippen molar-refractivity contribution in [1.82, 2.24) is 4.98 Å². The number of urea groups is 1. The van der Waals surface area contributed by atoms with Crippen LogP contribution in [0.1, 0.15) is 11.1 Å². The second-order valence-corrected chi connectivity index (χ2v) is 5.21. The molecule has 1 N–H and O–H groups in total. The Morgan fingerprint density at radius 2 is 2.30 bits per heavy atom. The van der Waals surface area contributed by atoms with E-state index in [1.54, 1.807) is 23.4 Å². The largest absolute Gasteiger partial charge is 0.326 e. The molecule has 5 heteroatoms. The van der Waals surface area contributed by atoms with Crippen LogP contribution in [0, 0.1) is 6.92 Å². The third-order valence-electron chi connectivity index (χ3n) is 3.41. The molecule has 4 nitrogen and oxygen atoms in total. The Balaban J connectivity index is 1.84. The van der Waals surface area contributed by atoms with Crippen molar-refractivity contribution in [1.29, 1.82) is 0 Å². The summed E-state index contributed by atoms with van der Waals surface area (Å²) in [7, 11) is 0. The van der Waals surface area contributed by atoms with E-state index in [1.807, 2.05) is 25.1 Å². The van der Waals surface area contributed by atoms with E-state index in [9.17, 15) is 4.79 Å². The van der Waals surface area contributed by atoms with E-state index in [0.717, 1.165) is 28.3 Å². The summed E-state index contributed by atoms with van der Waals surface area (Å²) in [4.78, 5) is 18.1. The Morgan fingerprint density at radius 1 is 1.45 bits per heavy atom. The average molecular weight is 288 g/mol. The number of pyridine rings is 1. The first-order valence-electron chi connectivity index (χ1n) is 6.43. The van der Waals surface area contributed by atoms with Gasteiger partial charge in [-0.25, -0.2) is 4.79 Å². The summed E-state index contributed by atoms with van der Waals surface area (Å²) >= 11 is 6.12. The van der Waals surface area contributed by atoms with Crippen molar-refractivity contribution < 1.29 is 4.79 Å². The molecule has 2 heterocycles. The first-order valence-corrected chi connectivity index (χ1v) is 6.80. The highest BCUT2D eigenvalue weighted by molar-refractivity contribution is 6.31. The SMILES string of the molecule is Cc1cc2c(cc1Cl)CCN2C(=O)Nc1cccnc1. The summed E-state index contributed by atoms with van der Waals surface area (Å²) in [6.45, 7) is 2.61. The predicted molar refractivity (Wildman–Crippen MR) is 80.5 cm³/mol. The highest BCUT2D eigenvalue weighted by Crippen LogP contribution is 2.33. The first-order chi connectivity index (χ1) is 9.65. The van der Waals surface area contributed by atoms with Gasteiger partial charge >= 0.3 is 6.03 Å². The average Bonchev–Trinajstić information content (AvgIpc) is 2.83.